The molecule has 2 aromatic rings. The molecule has 3 aliphatic heterocycles. The molecule has 0 aliphatic carbocycles. The maximum Gasteiger partial charge on any atom is 0.243 e. The maximum atomic E-state index is 13.7. The van der Waals surface area contributed by atoms with Crippen molar-refractivity contribution in [3.8, 4) is 0 Å². The minimum absolute atomic E-state index is 0.00367. The van der Waals surface area contributed by atoms with Crippen LogP contribution in [0.1, 0.15) is 44.2 Å². The van der Waals surface area contributed by atoms with E-state index in [1.54, 1.807) is 30.3 Å². The second-order valence-corrected chi connectivity index (χ2v) is 12.4. The van der Waals surface area contributed by atoms with Gasteiger partial charge in [0.25, 0.3) is 0 Å². The molecule has 3 heterocycles. The minimum Gasteiger partial charge on any atom is -0.375 e. The van der Waals surface area contributed by atoms with Gasteiger partial charge in [0.2, 0.25) is 21.8 Å². The highest BCUT2D eigenvalue weighted by molar-refractivity contribution is 7.89. The zero-order valence-corrected chi connectivity index (χ0v) is 22.8. The van der Waals surface area contributed by atoms with Gasteiger partial charge in [-0.1, -0.05) is 48.5 Å². The van der Waals surface area contributed by atoms with Crippen LogP contribution >= 0.6 is 0 Å². The molecule has 0 spiro atoms. The number of nitrogens with zero attached hydrogens (tertiary/aromatic N) is 3. The first-order valence-electron chi connectivity index (χ1n) is 13.7. The first kappa shape index (κ1) is 26.8. The molecular weight excluding hydrogens is 502 g/mol. The van der Waals surface area contributed by atoms with E-state index in [2.05, 4.69) is 0 Å². The Morgan fingerprint density at radius 2 is 1.39 bits per heavy atom. The summed E-state index contributed by atoms with van der Waals surface area (Å²) in [5.41, 5.74) is 0.940. The van der Waals surface area contributed by atoms with Crippen molar-refractivity contribution in [2.45, 2.75) is 49.6 Å². The van der Waals surface area contributed by atoms with E-state index in [0.29, 0.717) is 58.5 Å². The van der Waals surface area contributed by atoms with Gasteiger partial charge in [-0.25, -0.2) is 8.42 Å². The highest BCUT2D eigenvalue weighted by Gasteiger charge is 2.42. The highest BCUT2D eigenvalue weighted by Crippen LogP contribution is 2.38. The molecule has 3 fully saturated rings. The minimum atomic E-state index is -3.79. The SMILES string of the molecule is CCOC1CN(C(=O)C2CCN(C(=O)C3CCC(c4ccccc4)N(S(=O)(=O)c4ccccc4)C3)CC2)C1. The average Bonchev–Trinajstić information content (AvgIpc) is 2.94. The number of hydrogen-bond acceptors (Lipinski definition) is 5. The number of rotatable bonds is 7. The van der Waals surface area contributed by atoms with Crippen LogP contribution in [0.3, 0.4) is 0 Å². The predicted octanol–water partition coefficient (Wildman–Crippen LogP) is 3.31. The van der Waals surface area contributed by atoms with Crippen LogP contribution in [-0.4, -0.2) is 79.8 Å². The lowest BCUT2D eigenvalue weighted by Gasteiger charge is -2.43. The Hall–Kier alpha value is -2.75. The number of carbonyl (C=O) groups is 2. The summed E-state index contributed by atoms with van der Waals surface area (Å²) in [4.78, 5) is 30.4. The molecule has 3 saturated heterocycles. The van der Waals surface area contributed by atoms with Crippen molar-refractivity contribution >= 4 is 21.8 Å². The van der Waals surface area contributed by atoms with Crippen molar-refractivity contribution in [2.75, 3.05) is 39.3 Å². The summed E-state index contributed by atoms with van der Waals surface area (Å²) in [6.45, 7) is 5.14. The molecule has 5 rings (SSSR count). The number of hydrogen-bond donors (Lipinski definition) is 0. The van der Waals surface area contributed by atoms with Crippen molar-refractivity contribution in [2.24, 2.45) is 11.8 Å². The fourth-order valence-corrected chi connectivity index (χ4v) is 7.67. The summed E-state index contributed by atoms with van der Waals surface area (Å²) in [5, 5.41) is 0. The van der Waals surface area contributed by atoms with Crippen molar-refractivity contribution < 1.29 is 22.7 Å². The maximum absolute atomic E-state index is 13.7. The van der Waals surface area contributed by atoms with Crippen LogP contribution in [0.25, 0.3) is 0 Å². The van der Waals surface area contributed by atoms with Gasteiger partial charge in [0.15, 0.2) is 0 Å². The molecule has 0 radical (unpaired) electrons. The Bertz CT molecular complexity index is 1210. The molecular formula is C29H37N3O5S. The smallest absolute Gasteiger partial charge is 0.243 e. The second-order valence-electron chi connectivity index (χ2n) is 10.5. The van der Waals surface area contributed by atoms with E-state index < -0.39 is 15.9 Å². The first-order chi connectivity index (χ1) is 18.4. The van der Waals surface area contributed by atoms with Crippen molar-refractivity contribution in [3.05, 3.63) is 66.2 Å². The summed E-state index contributed by atoms with van der Waals surface area (Å²) >= 11 is 0. The van der Waals surface area contributed by atoms with Crippen LogP contribution in [0.2, 0.25) is 0 Å². The first-order valence-corrected chi connectivity index (χ1v) is 15.1. The summed E-state index contributed by atoms with van der Waals surface area (Å²) in [6.07, 6.45) is 2.64. The normalized spacial score (nSPS) is 23.7. The molecule has 0 saturated carbocycles. The summed E-state index contributed by atoms with van der Waals surface area (Å²) in [7, 11) is -3.79. The van der Waals surface area contributed by atoms with Crippen molar-refractivity contribution in [1.29, 1.82) is 0 Å². The Kier molecular flexibility index (Phi) is 8.16. The Morgan fingerprint density at radius 1 is 0.789 bits per heavy atom. The molecule has 2 aromatic carbocycles. The van der Waals surface area contributed by atoms with E-state index in [1.165, 1.54) is 4.31 Å². The summed E-state index contributed by atoms with van der Waals surface area (Å²) in [5.74, 6) is -0.305. The van der Waals surface area contributed by atoms with Gasteiger partial charge in [0.05, 0.1) is 23.0 Å². The topological polar surface area (TPSA) is 87.2 Å². The third kappa shape index (κ3) is 5.51. The van der Waals surface area contributed by atoms with E-state index in [1.807, 2.05) is 47.1 Å². The van der Waals surface area contributed by atoms with Gasteiger partial charge in [0, 0.05) is 45.2 Å². The largest absolute Gasteiger partial charge is 0.375 e. The molecule has 2 atom stereocenters. The zero-order valence-electron chi connectivity index (χ0n) is 21.9. The summed E-state index contributed by atoms with van der Waals surface area (Å²) < 4.78 is 34.6. The zero-order chi connectivity index (χ0) is 26.7. The van der Waals surface area contributed by atoms with Gasteiger partial charge in [-0.05, 0) is 50.3 Å². The van der Waals surface area contributed by atoms with Crippen LogP contribution in [0.5, 0.6) is 0 Å². The third-order valence-electron chi connectivity index (χ3n) is 8.14. The molecule has 0 aromatic heterocycles. The van der Waals surface area contributed by atoms with Gasteiger partial charge in [-0.2, -0.15) is 4.31 Å². The quantitative estimate of drug-likeness (QED) is 0.539. The van der Waals surface area contributed by atoms with E-state index in [-0.39, 0.29) is 41.3 Å². The van der Waals surface area contributed by atoms with E-state index >= 15 is 0 Å². The Balaban J connectivity index is 1.25. The molecule has 9 heteroatoms. The number of amides is 2. The molecule has 8 nitrogen and oxygen atoms in total. The molecule has 2 unspecified atom stereocenters. The third-order valence-corrected chi connectivity index (χ3v) is 10.0. The van der Waals surface area contributed by atoms with Crippen LogP contribution in [0.4, 0.5) is 0 Å². The molecule has 2 amide bonds. The van der Waals surface area contributed by atoms with Crippen molar-refractivity contribution in [1.82, 2.24) is 14.1 Å². The van der Waals surface area contributed by atoms with Gasteiger partial charge in [-0.15, -0.1) is 0 Å². The number of ether oxygens (including phenoxy) is 1. The van der Waals surface area contributed by atoms with Crippen LogP contribution < -0.4 is 0 Å². The van der Waals surface area contributed by atoms with E-state index in [4.69, 9.17) is 4.74 Å². The number of piperidine rings is 2. The second kappa shape index (κ2) is 11.6. The molecule has 0 bridgehead atoms. The lowest BCUT2D eigenvalue weighted by molar-refractivity contribution is -0.152. The molecule has 204 valence electrons. The van der Waals surface area contributed by atoms with Crippen LogP contribution in [-0.2, 0) is 24.3 Å². The number of benzene rings is 2. The Morgan fingerprint density at radius 3 is 2.03 bits per heavy atom. The Labute approximate surface area is 225 Å². The van der Waals surface area contributed by atoms with Gasteiger partial charge in [0.1, 0.15) is 0 Å². The van der Waals surface area contributed by atoms with Gasteiger partial charge >= 0.3 is 0 Å². The molecule has 38 heavy (non-hydrogen) atoms. The average molecular weight is 540 g/mol. The fourth-order valence-electron chi connectivity index (χ4n) is 5.96. The van der Waals surface area contributed by atoms with Crippen molar-refractivity contribution in [3.63, 3.8) is 0 Å². The lowest BCUT2D eigenvalue weighted by Crippen LogP contribution is -2.57. The van der Waals surface area contributed by atoms with E-state index in [0.717, 1.165) is 5.56 Å². The van der Waals surface area contributed by atoms with E-state index in [9.17, 15) is 18.0 Å². The lowest BCUT2D eigenvalue weighted by atomic mass is 9.88. The van der Waals surface area contributed by atoms with Gasteiger partial charge < -0.3 is 14.5 Å². The predicted molar refractivity (Wildman–Crippen MR) is 144 cm³/mol. The monoisotopic (exact) mass is 539 g/mol. The number of sulfonamides is 1. The fraction of sp³-hybridized carbons (Fsp3) is 0.517. The number of likely N-dealkylation sites (tertiary alicyclic amines) is 2. The number of carbonyl (C=O) groups excluding carboxylic acids is 2. The standard InChI is InChI=1S/C29H37N3O5S/c1-2-37-25-20-31(21-25)28(33)23-15-17-30(18-16-23)29(34)24-13-14-27(22-9-5-3-6-10-22)32(19-24)38(35,36)26-11-7-4-8-12-26/h3-12,23-25,27H,2,13-21H2,1H3. The molecule has 0 N–H and O–H groups in total. The highest BCUT2D eigenvalue weighted by atomic mass is 32.2. The molecule has 3 aliphatic rings. The summed E-state index contributed by atoms with van der Waals surface area (Å²) in [6, 6.07) is 17.8. The van der Waals surface area contributed by atoms with Gasteiger partial charge in [-0.3, -0.25) is 9.59 Å². The van der Waals surface area contributed by atoms with Crippen LogP contribution in [0, 0.1) is 11.8 Å². The van der Waals surface area contributed by atoms with Crippen LogP contribution in [0.15, 0.2) is 65.6 Å².